The van der Waals surface area contributed by atoms with Crippen molar-refractivity contribution in [3.8, 4) is 0 Å². The molecule has 14 heavy (non-hydrogen) atoms. The van der Waals surface area contributed by atoms with Gasteiger partial charge < -0.3 is 9.47 Å². The summed E-state index contributed by atoms with van der Waals surface area (Å²) in [6.45, 7) is 7.70. The molecular formula is C10H18Br2O2. The fourth-order valence-electron chi connectivity index (χ4n) is 1.77. The van der Waals surface area contributed by atoms with E-state index in [4.69, 9.17) is 9.47 Å². The predicted octanol–water partition coefficient (Wildman–Crippen LogP) is 3.47. The summed E-state index contributed by atoms with van der Waals surface area (Å²) in [5.41, 5.74) is 0. The number of halogens is 2. The van der Waals surface area contributed by atoms with Crippen LogP contribution in [0.2, 0.25) is 0 Å². The summed E-state index contributed by atoms with van der Waals surface area (Å²) in [7, 11) is 0. The number of hydrogen-bond donors (Lipinski definition) is 0. The average molecular weight is 330 g/mol. The molecule has 2 nitrogen and oxygen atoms in total. The molecule has 1 saturated heterocycles. The summed E-state index contributed by atoms with van der Waals surface area (Å²) in [5, 5.41) is 0. The van der Waals surface area contributed by atoms with Gasteiger partial charge >= 0.3 is 0 Å². The van der Waals surface area contributed by atoms with Crippen LogP contribution in [0.5, 0.6) is 0 Å². The van der Waals surface area contributed by atoms with Gasteiger partial charge in [0, 0.05) is 0 Å². The molecule has 84 valence electrons. The quantitative estimate of drug-likeness (QED) is 0.735. The Kier molecular flexibility index (Phi) is 4.45. The van der Waals surface area contributed by atoms with Gasteiger partial charge in [0.05, 0.1) is 22.4 Å². The zero-order valence-electron chi connectivity index (χ0n) is 8.98. The lowest BCUT2D eigenvalue weighted by Gasteiger charge is -2.41. The molecule has 1 fully saturated rings. The number of hydrogen-bond acceptors (Lipinski definition) is 2. The van der Waals surface area contributed by atoms with Gasteiger partial charge in [-0.25, -0.2) is 0 Å². The van der Waals surface area contributed by atoms with Crippen molar-refractivity contribution in [1.29, 1.82) is 0 Å². The van der Waals surface area contributed by atoms with Gasteiger partial charge in [0.15, 0.2) is 5.79 Å². The van der Waals surface area contributed by atoms with Gasteiger partial charge in [-0.1, -0.05) is 45.2 Å². The number of alkyl halides is 2. The highest BCUT2D eigenvalue weighted by molar-refractivity contribution is 9.10. The third kappa shape index (κ3) is 2.34. The topological polar surface area (TPSA) is 18.5 Å². The van der Waals surface area contributed by atoms with Crippen LogP contribution in [-0.2, 0) is 9.47 Å². The average Bonchev–Trinajstić information content (AvgIpc) is 2.51. The van der Waals surface area contributed by atoms with E-state index in [9.17, 15) is 0 Å². The van der Waals surface area contributed by atoms with Gasteiger partial charge in [-0.3, -0.25) is 0 Å². The second kappa shape index (κ2) is 4.81. The van der Waals surface area contributed by atoms with Crippen molar-refractivity contribution in [2.24, 2.45) is 0 Å². The fourth-order valence-corrected chi connectivity index (χ4v) is 3.88. The Morgan fingerprint density at radius 1 is 1.36 bits per heavy atom. The van der Waals surface area contributed by atoms with E-state index < -0.39 is 5.79 Å². The van der Waals surface area contributed by atoms with Gasteiger partial charge in [-0.05, 0) is 20.3 Å². The van der Waals surface area contributed by atoms with E-state index in [0.717, 1.165) is 12.8 Å². The minimum atomic E-state index is -0.525. The van der Waals surface area contributed by atoms with Gasteiger partial charge in [-0.15, -0.1) is 0 Å². The van der Waals surface area contributed by atoms with E-state index in [1.165, 1.54) is 0 Å². The Hall–Kier alpha value is 0.880. The van der Waals surface area contributed by atoms with E-state index in [-0.39, 0.29) is 9.15 Å². The van der Waals surface area contributed by atoms with E-state index in [2.05, 4.69) is 52.6 Å². The molecule has 0 spiro atoms. The third-order valence-electron chi connectivity index (χ3n) is 2.50. The maximum absolute atomic E-state index is 5.80. The van der Waals surface area contributed by atoms with E-state index >= 15 is 0 Å². The van der Waals surface area contributed by atoms with Crippen LogP contribution >= 0.6 is 31.9 Å². The first kappa shape index (κ1) is 12.9. The number of ether oxygens (including phenoxy) is 2. The highest BCUT2D eigenvalue weighted by Crippen LogP contribution is 2.44. The summed E-state index contributed by atoms with van der Waals surface area (Å²) in [4.78, 5) is 0.233. The maximum Gasteiger partial charge on any atom is 0.195 e. The molecule has 0 saturated carbocycles. The maximum atomic E-state index is 5.80. The SMILES string of the molecule is CCCC(Br)C1(C(C)(C)Br)OCCO1. The molecule has 0 amide bonds. The highest BCUT2D eigenvalue weighted by Gasteiger charge is 2.53. The van der Waals surface area contributed by atoms with Gasteiger partial charge in [0.2, 0.25) is 0 Å². The highest BCUT2D eigenvalue weighted by atomic mass is 79.9. The van der Waals surface area contributed by atoms with E-state index in [0.29, 0.717) is 13.2 Å². The Bertz CT molecular complexity index is 183. The van der Waals surface area contributed by atoms with Crippen LogP contribution in [0.25, 0.3) is 0 Å². The van der Waals surface area contributed by atoms with Crippen LogP contribution in [0.4, 0.5) is 0 Å². The third-order valence-corrected chi connectivity index (χ3v) is 4.11. The first-order valence-corrected chi connectivity index (χ1v) is 6.76. The monoisotopic (exact) mass is 328 g/mol. The Balaban J connectivity index is 2.81. The summed E-state index contributed by atoms with van der Waals surface area (Å²) < 4.78 is 11.4. The second-order valence-electron chi connectivity index (χ2n) is 4.09. The van der Waals surface area contributed by atoms with Gasteiger partial charge in [0.25, 0.3) is 0 Å². The lowest BCUT2D eigenvalue weighted by Crippen LogP contribution is -2.53. The largest absolute Gasteiger partial charge is 0.345 e. The lowest BCUT2D eigenvalue weighted by atomic mass is 9.96. The Labute approximate surface area is 103 Å². The van der Waals surface area contributed by atoms with Crippen LogP contribution in [0.3, 0.4) is 0 Å². The summed E-state index contributed by atoms with van der Waals surface area (Å²) in [6, 6.07) is 0. The molecule has 1 atom stereocenters. The Morgan fingerprint density at radius 2 is 1.86 bits per heavy atom. The van der Waals surface area contributed by atoms with Crippen molar-refractivity contribution in [1.82, 2.24) is 0 Å². The van der Waals surface area contributed by atoms with Crippen molar-refractivity contribution in [3.63, 3.8) is 0 Å². The minimum absolute atomic E-state index is 0.181. The molecule has 4 heteroatoms. The molecule has 0 N–H and O–H groups in total. The smallest absolute Gasteiger partial charge is 0.195 e. The van der Waals surface area contributed by atoms with Crippen molar-refractivity contribution >= 4 is 31.9 Å². The van der Waals surface area contributed by atoms with Crippen molar-refractivity contribution in [2.45, 2.75) is 48.6 Å². The normalized spacial score (nSPS) is 23.8. The summed E-state index contributed by atoms with van der Waals surface area (Å²) in [5.74, 6) is -0.525. The van der Waals surface area contributed by atoms with E-state index in [1.807, 2.05) is 0 Å². The molecule has 0 aliphatic carbocycles. The van der Waals surface area contributed by atoms with Crippen molar-refractivity contribution in [2.75, 3.05) is 13.2 Å². The molecule has 0 aromatic heterocycles. The van der Waals surface area contributed by atoms with Crippen LogP contribution in [-0.4, -0.2) is 28.2 Å². The van der Waals surface area contributed by atoms with Crippen molar-refractivity contribution in [3.05, 3.63) is 0 Å². The molecule has 1 heterocycles. The molecule has 1 unspecified atom stereocenters. The standard InChI is InChI=1S/C10H18Br2O2/c1-4-5-8(11)10(9(2,3)12)13-6-7-14-10/h8H,4-7H2,1-3H3. The molecule has 1 rings (SSSR count). The van der Waals surface area contributed by atoms with Crippen LogP contribution in [0.15, 0.2) is 0 Å². The van der Waals surface area contributed by atoms with Crippen LogP contribution < -0.4 is 0 Å². The van der Waals surface area contributed by atoms with E-state index in [1.54, 1.807) is 0 Å². The van der Waals surface area contributed by atoms with Crippen LogP contribution in [0.1, 0.15) is 33.6 Å². The molecule has 1 aliphatic rings. The second-order valence-corrected chi connectivity index (χ2v) is 7.18. The zero-order chi connectivity index (χ0) is 10.8. The minimum Gasteiger partial charge on any atom is -0.345 e. The Morgan fingerprint density at radius 3 is 2.21 bits per heavy atom. The molecule has 0 bridgehead atoms. The summed E-state index contributed by atoms with van der Waals surface area (Å²) >= 11 is 7.33. The molecule has 0 aromatic carbocycles. The molecular weight excluding hydrogens is 312 g/mol. The molecule has 0 aromatic rings. The fraction of sp³-hybridized carbons (Fsp3) is 1.00. The van der Waals surface area contributed by atoms with Crippen molar-refractivity contribution < 1.29 is 9.47 Å². The van der Waals surface area contributed by atoms with Gasteiger partial charge in [-0.2, -0.15) is 0 Å². The zero-order valence-corrected chi connectivity index (χ0v) is 12.2. The number of rotatable bonds is 4. The molecule has 1 aliphatic heterocycles. The summed E-state index contributed by atoms with van der Waals surface area (Å²) in [6.07, 6.45) is 2.17. The predicted molar refractivity (Wildman–Crippen MR) is 65.3 cm³/mol. The van der Waals surface area contributed by atoms with Gasteiger partial charge in [0.1, 0.15) is 0 Å². The van der Waals surface area contributed by atoms with Crippen LogP contribution in [0, 0.1) is 0 Å². The first-order valence-electron chi connectivity index (χ1n) is 5.05. The molecule has 0 radical (unpaired) electrons. The lowest BCUT2D eigenvalue weighted by molar-refractivity contribution is -0.173. The first-order chi connectivity index (χ1) is 6.44.